The van der Waals surface area contributed by atoms with E-state index in [0.717, 1.165) is 33.5 Å². The Morgan fingerprint density at radius 2 is 1.69 bits per heavy atom. The number of ether oxygens (including phenoxy) is 1. The lowest BCUT2D eigenvalue weighted by atomic mass is 9.97. The van der Waals surface area contributed by atoms with E-state index in [1.165, 1.54) is 0 Å². The zero-order chi connectivity index (χ0) is 25.1. The molecule has 186 valence electrons. The van der Waals surface area contributed by atoms with Crippen molar-refractivity contribution in [2.45, 2.75) is 19.8 Å². The number of methoxy groups -OCH3 is 1. The number of halogens is 1. The second-order valence-electron chi connectivity index (χ2n) is 8.42. The molecule has 1 aliphatic heterocycles. The van der Waals surface area contributed by atoms with Crippen molar-refractivity contribution >= 4 is 41.4 Å². The summed E-state index contributed by atoms with van der Waals surface area (Å²) >= 11 is 0. The SMILES string of the molecule is COC1=C(c2ccc(CCC(=O)O)cc2)C(=O)N(c2cccc(-c3ccc(C(=N)N)cc3)c2C)C1.Cl. The van der Waals surface area contributed by atoms with Crippen LogP contribution >= 0.6 is 12.4 Å². The molecule has 1 amide bonds. The summed E-state index contributed by atoms with van der Waals surface area (Å²) in [7, 11) is 1.56. The summed E-state index contributed by atoms with van der Waals surface area (Å²) in [6.45, 7) is 2.30. The molecule has 0 aliphatic carbocycles. The van der Waals surface area contributed by atoms with Crippen molar-refractivity contribution in [1.82, 2.24) is 0 Å². The van der Waals surface area contributed by atoms with Gasteiger partial charge in [-0.1, -0.05) is 60.7 Å². The Hall–Kier alpha value is -4.10. The van der Waals surface area contributed by atoms with Gasteiger partial charge < -0.3 is 20.5 Å². The fourth-order valence-corrected chi connectivity index (χ4v) is 4.34. The molecule has 0 fully saturated rings. The number of benzene rings is 3. The highest BCUT2D eigenvalue weighted by atomic mass is 35.5. The first-order valence-corrected chi connectivity index (χ1v) is 11.2. The molecule has 4 N–H and O–H groups in total. The van der Waals surface area contributed by atoms with Gasteiger partial charge in [-0.2, -0.15) is 0 Å². The van der Waals surface area contributed by atoms with Crippen LogP contribution in [0.4, 0.5) is 5.69 Å². The lowest BCUT2D eigenvalue weighted by Crippen LogP contribution is -2.27. The number of carboxylic acids is 1. The first-order chi connectivity index (χ1) is 16.8. The molecule has 0 saturated heterocycles. The third-order valence-electron chi connectivity index (χ3n) is 6.26. The van der Waals surface area contributed by atoms with Gasteiger partial charge in [0.2, 0.25) is 0 Å². The zero-order valence-corrected chi connectivity index (χ0v) is 20.9. The van der Waals surface area contributed by atoms with E-state index in [2.05, 4.69) is 0 Å². The number of amidine groups is 1. The largest absolute Gasteiger partial charge is 0.498 e. The lowest BCUT2D eigenvalue weighted by Gasteiger charge is -2.21. The van der Waals surface area contributed by atoms with Gasteiger partial charge in [0.1, 0.15) is 11.6 Å². The van der Waals surface area contributed by atoms with Crippen molar-refractivity contribution in [2.75, 3.05) is 18.6 Å². The monoisotopic (exact) mass is 505 g/mol. The van der Waals surface area contributed by atoms with Crippen LogP contribution in [-0.4, -0.2) is 36.5 Å². The first-order valence-electron chi connectivity index (χ1n) is 11.2. The predicted molar refractivity (Wildman–Crippen MR) is 144 cm³/mol. The molecule has 0 spiro atoms. The molecule has 36 heavy (non-hydrogen) atoms. The van der Waals surface area contributed by atoms with Crippen LogP contribution in [0.15, 0.2) is 72.5 Å². The maximum absolute atomic E-state index is 13.6. The third-order valence-corrected chi connectivity index (χ3v) is 6.26. The number of nitrogens with one attached hydrogen (secondary N) is 1. The van der Waals surface area contributed by atoms with Crippen molar-refractivity contribution in [1.29, 1.82) is 5.41 Å². The van der Waals surface area contributed by atoms with E-state index in [1.54, 1.807) is 12.0 Å². The third kappa shape index (κ3) is 5.26. The molecule has 0 bridgehead atoms. The number of carbonyl (C=O) groups is 2. The number of aliphatic carboxylic acids is 1. The number of amides is 1. The summed E-state index contributed by atoms with van der Waals surface area (Å²) in [5, 5.41) is 16.5. The van der Waals surface area contributed by atoms with E-state index in [0.29, 0.717) is 29.9 Å². The highest BCUT2D eigenvalue weighted by Crippen LogP contribution is 2.37. The molecule has 0 aromatic heterocycles. The number of nitrogen functional groups attached to an aromatic ring is 1. The van der Waals surface area contributed by atoms with Gasteiger partial charge in [0.15, 0.2) is 0 Å². The van der Waals surface area contributed by atoms with Crippen LogP contribution in [0.1, 0.15) is 28.7 Å². The zero-order valence-electron chi connectivity index (χ0n) is 20.1. The average molecular weight is 506 g/mol. The molecule has 7 nitrogen and oxygen atoms in total. The minimum atomic E-state index is -0.840. The van der Waals surface area contributed by atoms with Crippen LogP contribution in [0.5, 0.6) is 0 Å². The molecule has 1 heterocycles. The molecule has 3 aromatic rings. The Balaban J connectivity index is 0.00000361. The Bertz CT molecular complexity index is 1330. The van der Waals surface area contributed by atoms with Crippen LogP contribution in [0, 0.1) is 12.3 Å². The van der Waals surface area contributed by atoms with E-state index < -0.39 is 5.97 Å². The van der Waals surface area contributed by atoms with Gasteiger partial charge in [-0.05, 0) is 47.2 Å². The predicted octanol–water partition coefficient (Wildman–Crippen LogP) is 4.79. The fourth-order valence-electron chi connectivity index (χ4n) is 4.34. The maximum atomic E-state index is 13.6. The van der Waals surface area contributed by atoms with E-state index in [9.17, 15) is 9.59 Å². The van der Waals surface area contributed by atoms with Gasteiger partial charge in [0.25, 0.3) is 5.91 Å². The summed E-state index contributed by atoms with van der Waals surface area (Å²) < 4.78 is 5.61. The summed E-state index contributed by atoms with van der Waals surface area (Å²) in [4.78, 5) is 26.1. The van der Waals surface area contributed by atoms with Crippen molar-refractivity contribution < 1.29 is 19.4 Å². The van der Waals surface area contributed by atoms with Crippen molar-refractivity contribution in [3.8, 4) is 11.1 Å². The smallest absolute Gasteiger partial charge is 0.303 e. The topological polar surface area (TPSA) is 117 Å². The minimum Gasteiger partial charge on any atom is -0.498 e. The number of carbonyl (C=O) groups excluding carboxylic acids is 1. The molecule has 0 atom stereocenters. The number of nitrogens with zero attached hydrogens (tertiary/aromatic N) is 1. The first kappa shape index (κ1) is 26.5. The molecule has 0 unspecified atom stereocenters. The quantitative estimate of drug-likeness (QED) is 0.300. The van der Waals surface area contributed by atoms with Gasteiger partial charge in [-0.3, -0.25) is 15.0 Å². The fraction of sp³-hybridized carbons (Fsp3) is 0.179. The molecule has 0 radical (unpaired) electrons. The van der Waals surface area contributed by atoms with Gasteiger partial charge in [-0.25, -0.2) is 0 Å². The summed E-state index contributed by atoms with van der Waals surface area (Å²) in [6.07, 6.45) is 0.496. The standard InChI is InChI=1S/C28H27N3O4.ClH/c1-17-22(19-11-13-21(14-12-19)27(29)30)4-3-5-23(17)31-16-24(35-2)26(28(31)34)20-9-6-18(7-10-20)8-15-25(32)33;/h3-7,9-14H,8,15-16H2,1-2H3,(H3,29,30)(H,32,33);1H. The minimum absolute atomic E-state index is 0. The summed E-state index contributed by atoms with van der Waals surface area (Å²) in [5.41, 5.74) is 12.1. The number of hydrogen-bond acceptors (Lipinski definition) is 4. The number of nitrogens with two attached hydrogens (primary N) is 1. The van der Waals surface area contributed by atoms with Crippen LogP contribution in [-0.2, 0) is 20.7 Å². The van der Waals surface area contributed by atoms with Gasteiger partial charge in [0.05, 0.1) is 19.2 Å². The second kappa shape index (κ2) is 11.1. The van der Waals surface area contributed by atoms with Crippen LogP contribution < -0.4 is 10.6 Å². The van der Waals surface area contributed by atoms with Crippen LogP contribution in [0.3, 0.4) is 0 Å². The lowest BCUT2D eigenvalue weighted by molar-refractivity contribution is -0.137. The van der Waals surface area contributed by atoms with Gasteiger partial charge in [-0.15, -0.1) is 12.4 Å². The van der Waals surface area contributed by atoms with Gasteiger partial charge >= 0.3 is 5.97 Å². The number of aryl methyl sites for hydroxylation is 1. The van der Waals surface area contributed by atoms with Crippen LogP contribution in [0.25, 0.3) is 16.7 Å². The normalized spacial score (nSPS) is 12.9. The molecular weight excluding hydrogens is 478 g/mol. The Morgan fingerprint density at radius 3 is 2.28 bits per heavy atom. The highest BCUT2D eigenvalue weighted by Gasteiger charge is 2.34. The number of rotatable bonds is 8. The van der Waals surface area contributed by atoms with E-state index in [-0.39, 0.29) is 30.6 Å². The maximum Gasteiger partial charge on any atom is 0.303 e. The molecule has 8 heteroatoms. The Kier molecular flexibility index (Phi) is 8.17. The summed E-state index contributed by atoms with van der Waals surface area (Å²) in [5.74, 6) is -0.381. The Morgan fingerprint density at radius 1 is 1.06 bits per heavy atom. The number of carboxylic acid groups (broad SMARTS) is 1. The molecule has 1 aliphatic rings. The number of anilines is 1. The van der Waals surface area contributed by atoms with Crippen molar-refractivity contribution in [2.24, 2.45) is 5.73 Å². The van der Waals surface area contributed by atoms with E-state index in [4.69, 9.17) is 21.0 Å². The van der Waals surface area contributed by atoms with Crippen LogP contribution in [0.2, 0.25) is 0 Å². The van der Waals surface area contributed by atoms with E-state index >= 15 is 0 Å². The average Bonchev–Trinajstić information content (AvgIpc) is 3.19. The molecular formula is C28H28ClN3O4. The Labute approximate surface area is 216 Å². The van der Waals surface area contributed by atoms with E-state index in [1.807, 2.05) is 73.7 Å². The molecule has 3 aromatic carbocycles. The molecule has 4 rings (SSSR count). The van der Waals surface area contributed by atoms with Crippen molar-refractivity contribution in [3.05, 3.63) is 94.7 Å². The summed E-state index contributed by atoms with van der Waals surface area (Å²) in [6, 6.07) is 20.7. The van der Waals surface area contributed by atoms with Crippen molar-refractivity contribution in [3.63, 3.8) is 0 Å². The van der Waals surface area contributed by atoms with Gasteiger partial charge in [0, 0.05) is 17.7 Å². The molecule has 0 saturated carbocycles. The highest BCUT2D eigenvalue weighted by molar-refractivity contribution is 6.29. The second-order valence-corrected chi connectivity index (χ2v) is 8.42. The number of hydrogen-bond donors (Lipinski definition) is 3.